The number of methoxy groups -OCH3 is 2. The van der Waals surface area contributed by atoms with Crippen LogP contribution in [-0.4, -0.2) is 18.6 Å². The predicted octanol–water partition coefficient (Wildman–Crippen LogP) is 3.82. The third-order valence-electron chi connectivity index (χ3n) is 2.60. The van der Waals surface area contributed by atoms with Crippen LogP contribution in [0.4, 0.5) is 0 Å². The Morgan fingerprint density at radius 2 is 1.38 bits per heavy atom. The largest absolute Gasteiger partial charge is 0.497 e. The maximum atomic E-state index is 5.49. The van der Waals surface area contributed by atoms with Gasteiger partial charge in [-0.15, -0.1) is 0 Å². The molecule has 0 aliphatic rings. The van der Waals surface area contributed by atoms with E-state index in [1.807, 2.05) is 48.5 Å². The lowest BCUT2D eigenvalue weighted by atomic mass is 10.3. The molecular weight excluding hydrogens is 304 g/mol. The summed E-state index contributed by atoms with van der Waals surface area (Å²) < 4.78 is 11.2. The van der Waals surface area contributed by atoms with Crippen LogP contribution in [-0.2, 0) is 0 Å². The zero-order valence-electron chi connectivity index (χ0n) is 11.8. The van der Waals surface area contributed by atoms with Crippen LogP contribution in [0.2, 0.25) is 0 Å². The molecule has 0 amide bonds. The zero-order valence-corrected chi connectivity index (χ0v) is 13.4. The lowest BCUT2D eigenvalue weighted by molar-refractivity contribution is 0.413. The summed E-state index contributed by atoms with van der Waals surface area (Å²) in [5.41, 5.74) is 0. The number of nitrogens with two attached hydrogens (primary N) is 1. The first-order valence-electron chi connectivity index (χ1n) is 6.17. The van der Waals surface area contributed by atoms with Gasteiger partial charge in [-0.3, -0.25) is 0 Å². The molecule has 0 atom stereocenters. The third kappa shape index (κ3) is 4.61. The van der Waals surface area contributed by atoms with Crippen molar-refractivity contribution in [1.82, 2.24) is 0 Å². The molecule has 0 spiro atoms. The van der Waals surface area contributed by atoms with E-state index >= 15 is 0 Å². The van der Waals surface area contributed by atoms with Crippen molar-refractivity contribution in [1.29, 1.82) is 0 Å². The number of benzene rings is 2. The number of nitrogens with zero attached hydrogens (tertiary/aromatic N) is 1. The van der Waals surface area contributed by atoms with Gasteiger partial charge >= 0.3 is 0 Å². The molecule has 4 nitrogen and oxygen atoms in total. The average molecular weight is 320 g/mol. The molecule has 2 aromatic rings. The first-order valence-corrected chi connectivity index (χ1v) is 7.80. The van der Waals surface area contributed by atoms with Crippen LogP contribution in [0.25, 0.3) is 0 Å². The maximum absolute atomic E-state index is 5.49. The van der Waals surface area contributed by atoms with E-state index in [4.69, 9.17) is 15.3 Å². The summed E-state index contributed by atoms with van der Waals surface area (Å²) in [6.45, 7) is 0. The Labute approximate surface area is 132 Å². The molecule has 0 aliphatic heterocycles. The molecular formula is C15H16N2O2S2. The Balaban J connectivity index is 2.09. The summed E-state index contributed by atoms with van der Waals surface area (Å²) in [7, 11) is 3.29. The van der Waals surface area contributed by atoms with Crippen LogP contribution in [0.15, 0.2) is 63.4 Å². The van der Waals surface area contributed by atoms with Crippen molar-refractivity contribution in [2.45, 2.75) is 9.79 Å². The smallest absolute Gasteiger partial charge is 0.159 e. The van der Waals surface area contributed by atoms with Crippen LogP contribution < -0.4 is 15.3 Å². The minimum absolute atomic E-state index is 0.747. The summed E-state index contributed by atoms with van der Waals surface area (Å²) in [6, 6.07) is 15.5. The van der Waals surface area contributed by atoms with Gasteiger partial charge in [0, 0.05) is 9.79 Å². The first-order chi connectivity index (χ1) is 10.2. The lowest BCUT2D eigenvalue weighted by Crippen LogP contribution is -1.93. The normalized spacial score (nSPS) is 10.0. The minimum Gasteiger partial charge on any atom is -0.497 e. The highest BCUT2D eigenvalue weighted by Crippen LogP contribution is 2.33. The van der Waals surface area contributed by atoms with Crippen LogP contribution in [0.5, 0.6) is 11.5 Å². The molecule has 6 heteroatoms. The second-order valence-electron chi connectivity index (χ2n) is 3.96. The Kier molecular flexibility index (Phi) is 5.83. The number of hydrogen-bond acceptors (Lipinski definition) is 6. The minimum atomic E-state index is 0.747. The van der Waals surface area contributed by atoms with Gasteiger partial charge in [0.05, 0.1) is 14.2 Å². The van der Waals surface area contributed by atoms with Gasteiger partial charge in [-0.1, -0.05) is 35.7 Å². The van der Waals surface area contributed by atoms with Gasteiger partial charge in [0.2, 0.25) is 0 Å². The molecule has 0 unspecified atom stereocenters. The Morgan fingerprint density at radius 1 is 0.905 bits per heavy atom. The fraction of sp³-hybridized carbons (Fsp3) is 0.133. The van der Waals surface area contributed by atoms with Gasteiger partial charge in [0.1, 0.15) is 11.5 Å². The summed E-state index contributed by atoms with van der Waals surface area (Å²) in [5, 5.41) is 3.85. The third-order valence-corrected chi connectivity index (χ3v) is 4.64. The van der Waals surface area contributed by atoms with E-state index in [-0.39, 0.29) is 0 Å². The van der Waals surface area contributed by atoms with Crippen LogP contribution in [0.1, 0.15) is 0 Å². The molecule has 0 heterocycles. The van der Waals surface area contributed by atoms with Crippen molar-refractivity contribution >= 4 is 27.9 Å². The van der Waals surface area contributed by atoms with E-state index in [9.17, 15) is 0 Å². The molecule has 0 aromatic heterocycles. The Morgan fingerprint density at radius 3 is 1.76 bits per heavy atom. The van der Waals surface area contributed by atoms with Gasteiger partial charge in [0.25, 0.3) is 0 Å². The maximum Gasteiger partial charge on any atom is 0.159 e. The number of ether oxygens (including phenoxy) is 2. The van der Waals surface area contributed by atoms with Gasteiger partial charge < -0.3 is 15.3 Å². The van der Waals surface area contributed by atoms with Crippen LogP contribution in [0, 0.1) is 0 Å². The molecule has 0 radical (unpaired) electrons. The van der Waals surface area contributed by atoms with Crippen molar-refractivity contribution in [3.63, 3.8) is 0 Å². The molecule has 2 aromatic carbocycles. The highest BCUT2D eigenvalue weighted by atomic mass is 32.2. The molecule has 0 aliphatic carbocycles. The number of thioether (sulfide) groups is 2. The van der Waals surface area contributed by atoms with Crippen LogP contribution >= 0.6 is 23.5 Å². The molecule has 0 bridgehead atoms. The number of hydrazone groups is 1. The van der Waals surface area contributed by atoms with E-state index in [0.717, 1.165) is 25.7 Å². The van der Waals surface area contributed by atoms with Crippen molar-refractivity contribution < 1.29 is 9.47 Å². The number of rotatable bonds is 4. The summed E-state index contributed by atoms with van der Waals surface area (Å²) in [4.78, 5) is 2.04. The average Bonchev–Trinajstić information content (AvgIpc) is 2.54. The summed E-state index contributed by atoms with van der Waals surface area (Å²) in [6.07, 6.45) is 0. The first kappa shape index (κ1) is 15.6. The summed E-state index contributed by atoms with van der Waals surface area (Å²) >= 11 is 2.99. The fourth-order valence-electron chi connectivity index (χ4n) is 1.60. The van der Waals surface area contributed by atoms with E-state index in [0.29, 0.717) is 0 Å². The van der Waals surface area contributed by atoms with Gasteiger partial charge in [-0.05, 0) is 36.4 Å². The standard InChI is InChI=1S/C15H16N2O2S2/c1-18-11-5-3-7-13(9-11)20-15(17-16)21-14-8-4-6-12(10-14)19-2/h3-10H,16H2,1-2H3. The molecule has 21 heavy (non-hydrogen) atoms. The highest BCUT2D eigenvalue weighted by Gasteiger charge is 2.07. The Hall–Kier alpha value is -1.79. The monoisotopic (exact) mass is 320 g/mol. The van der Waals surface area contributed by atoms with Crippen molar-refractivity contribution in [2.75, 3.05) is 14.2 Å². The van der Waals surface area contributed by atoms with Gasteiger partial charge in [0.15, 0.2) is 4.38 Å². The molecule has 0 saturated heterocycles. The molecule has 110 valence electrons. The predicted molar refractivity (Wildman–Crippen MR) is 89.3 cm³/mol. The zero-order chi connectivity index (χ0) is 15.1. The van der Waals surface area contributed by atoms with Crippen LogP contribution in [0.3, 0.4) is 0 Å². The van der Waals surface area contributed by atoms with Crippen molar-refractivity contribution in [3.8, 4) is 11.5 Å². The second-order valence-corrected chi connectivity index (χ2v) is 6.34. The van der Waals surface area contributed by atoms with E-state index in [2.05, 4.69) is 5.10 Å². The molecule has 2 N–H and O–H groups in total. The number of hydrogen-bond donors (Lipinski definition) is 1. The fourth-order valence-corrected chi connectivity index (χ4v) is 3.50. The topological polar surface area (TPSA) is 56.8 Å². The van der Waals surface area contributed by atoms with E-state index in [1.54, 1.807) is 14.2 Å². The van der Waals surface area contributed by atoms with Gasteiger partial charge in [-0.2, -0.15) is 5.10 Å². The van der Waals surface area contributed by atoms with Gasteiger partial charge in [-0.25, -0.2) is 0 Å². The molecule has 0 saturated carbocycles. The molecule has 0 fully saturated rings. The van der Waals surface area contributed by atoms with E-state index < -0.39 is 0 Å². The molecule has 2 rings (SSSR count). The Bertz CT molecular complexity index is 581. The SMILES string of the molecule is COc1cccc(SC(=NN)Sc2cccc(OC)c2)c1. The quantitative estimate of drug-likeness (QED) is 0.305. The summed E-state index contributed by atoms with van der Waals surface area (Å²) in [5.74, 6) is 7.11. The van der Waals surface area contributed by atoms with Crippen molar-refractivity contribution in [2.24, 2.45) is 10.9 Å². The van der Waals surface area contributed by atoms with E-state index in [1.165, 1.54) is 23.5 Å². The second kappa shape index (κ2) is 7.85. The lowest BCUT2D eigenvalue weighted by Gasteiger charge is -2.07. The van der Waals surface area contributed by atoms with Crippen molar-refractivity contribution in [3.05, 3.63) is 48.5 Å². The highest BCUT2D eigenvalue weighted by molar-refractivity contribution is 8.38.